The number of hydrogen-bond donors (Lipinski definition) is 1. The summed E-state index contributed by atoms with van der Waals surface area (Å²) < 4.78 is 14.8. The number of carbonyl (C=O) groups is 1. The highest BCUT2D eigenvalue weighted by molar-refractivity contribution is 6.30. The Labute approximate surface area is 113 Å². The maximum atomic E-state index is 13.2. The largest absolute Gasteiger partial charge is 0.478 e. The van der Waals surface area contributed by atoms with E-state index in [4.69, 9.17) is 16.7 Å². The van der Waals surface area contributed by atoms with E-state index in [9.17, 15) is 9.18 Å². The first-order chi connectivity index (χ1) is 9.04. The van der Waals surface area contributed by atoms with Crippen molar-refractivity contribution in [3.63, 3.8) is 0 Å². The van der Waals surface area contributed by atoms with Gasteiger partial charge < -0.3 is 5.11 Å². The van der Waals surface area contributed by atoms with Crippen LogP contribution in [0, 0.1) is 5.82 Å². The first-order valence-corrected chi connectivity index (χ1v) is 5.80. The fourth-order valence-electron chi connectivity index (χ4n) is 1.63. The first-order valence-electron chi connectivity index (χ1n) is 5.42. The average Bonchev–Trinajstić information content (AvgIpc) is 2.75. The van der Waals surface area contributed by atoms with Gasteiger partial charge in [0.15, 0.2) is 0 Å². The van der Waals surface area contributed by atoms with E-state index in [-0.39, 0.29) is 0 Å². The van der Waals surface area contributed by atoms with Crippen LogP contribution in [0.5, 0.6) is 0 Å². The predicted octanol–water partition coefficient (Wildman–Crippen LogP) is 2.82. The van der Waals surface area contributed by atoms with Gasteiger partial charge in [-0.1, -0.05) is 17.7 Å². The van der Waals surface area contributed by atoms with Gasteiger partial charge in [0.25, 0.3) is 0 Å². The first kappa shape index (κ1) is 13.3. The van der Waals surface area contributed by atoms with Crippen LogP contribution in [0.2, 0.25) is 5.02 Å². The zero-order valence-electron chi connectivity index (χ0n) is 9.75. The Morgan fingerprint density at radius 2 is 2.32 bits per heavy atom. The molecule has 98 valence electrons. The normalized spacial score (nSPS) is 11.1. The third kappa shape index (κ3) is 3.66. The SMILES string of the molecule is O=C(O)/C=C/c1cc(F)ccc1Cn1cc(Cl)cn1. The Balaban J connectivity index is 2.31. The van der Waals surface area contributed by atoms with Crippen molar-refractivity contribution in [1.82, 2.24) is 9.78 Å². The fraction of sp³-hybridized carbons (Fsp3) is 0.0769. The van der Waals surface area contributed by atoms with E-state index < -0.39 is 11.8 Å². The van der Waals surface area contributed by atoms with Crippen LogP contribution in [0.1, 0.15) is 11.1 Å². The molecule has 0 aliphatic heterocycles. The lowest BCUT2D eigenvalue weighted by atomic mass is 10.1. The van der Waals surface area contributed by atoms with Gasteiger partial charge in [0.05, 0.1) is 17.8 Å². The molecule has 4 nitrogen and oxygen atoms in total. The topological polar surface area (TPSA) is 55.1 Å². The zero-order valence-corrected chi connectivity index (χ0v) is 10.5. The molecule has 1 aromatic carbocycles. The molecule has 1 N–H and O–H groups in total. The Bertz CT molecular complexity index is 637. The molecule has 0 bridgehead atoms. The van der Waals surface area contributed by atoms with Gasteiger partial charge in [0.2, 0.25) is 0 Å². The van der Waals surface area contributed by atoms with Crippen molar-refractivity contribution in [3.8, 4) is 0 Å². The molecule has 0 spiro atoms. The minimum absolute atomic E-state index is 0.381. The maximum Gasteiger partial charge on any atom is 0.328 e. The summed E-state index contributed by atoms with van der Waals surface area (Å²) in [4.78, 5) is 10.5. The van der Waals surface area contributed by atoms with Gasteiger partial charge >= 0.3 is 5.97 Å². The van der Waals surface area contributed by atoms with Gasteiger partial charge in [-0.3, -0.25) is 4.68 Å². The lowest BCUT2D eigenvalue weighted by Gasteiger charge is -2.06. The van der Waals surface area contributed by atoms with E-state index >= 15 is 0 Å². The molecule has 0 aliphatic rings. The highest BCUT2D eigenvalue weighted by Crippen LogP contribution is 2.15. The Morgan fingerprint density at radius 3 is 2.95 bits per heavy atom. The number of halogens is 2. The number of nitrogens with zero attached hydrogens (tertiary/aromatic N) is 2. The van der Waals surface area contributed by atoms with E-state index in [2.05, 4.69) is 5.10 Å². The molecule has 0 unspecified atom stereocenters. The van der Waals surface area contributed by atoms with E-state index in [1.54, 1.807) is 16.9 Å². The summed E-state index contributed by atoms with van der Waals surface area (Å²) in [5.74, 6) is -1.51. The molecule has 0 saturated heterocycles. The van der Waals surface area contributed by atoms with Crippen molar-refractivity contribution < 1.29 is 14.3 Å². The van der Waals surface area contributed by atoms with Crippen LogP contribution in [0.25, 0.3) is 6.08 Å². The molecule has 0 fully saturated rings. The van der Waals surface area contributed by atoms with E-state index in [1.165, 1.54) is 24.4 Å². The summed E-state index contributed by atoms with van der Waals surface area (Å²) in [5.41, 5.74) is 1.24. The van der Waals surface area contributed by atoms with E-state index in [1.807, 2.05) is 0 Å². The molecule has 1 heterocycles. The monoisotopic (exact) mass is 280 g/mol. The number of aliphatic carboxylic acids is 1. The predicted molar refractivity (Wildman–Crippen MR) is 69.4 cm³/mol. The third-order valence-corrected chi connectivity index (χ3v) is 2.64. The fourth-order valence-corrected chi connectivity index (χ4v) is 1.78. The number of hydrogen-bond acceptors (Lipinski definition) is 2. The molecule has 6 heteroatoms. The van der Waals surface area contributed by atoms with Crippen molar-refractivity contribution in [2.24, 2.45) is 0 Å². The molecular weight excluding hydrogens is 271 g/mol. The molecule has 19 heavy (non-hydrogen) atoms. The minimum atomic E-state index is -1.09. The summed E-state index contributed by atoms with van der Waals surface area (Å²) >= 11 is 5.76. The highest BCUT2D eigenvalue weighted by atomic mass is 35.5. The van der Waals surface area contributed by atoms with Gasteiger partial charge in [-0.05, 0) is 29.3 Å². The molecule has 0 amide bonds. The molecule has 2 aromatic rings. The minimum Gasteiger partial charge on any atom is -0.478 e. The van der Waals surface area contributed by atoms with Gasteiger partial charge in [-0.25, -0.2) is 9.18 Å². The second-order valence-corrected chi connectivity index (χ2v) is 4.31. The van der Waals surface area contributed by atoms with Gasteiger partial charge in [0, 0.05) is 12.3 Å². The standard InChI is InChI=1S/C13H10ClFN2O2/c14-11-6-16-17(8-11)7-10-1-3-12(15)5-9(10)2-4-13(18)19/h1-6,8H,7H2,(H,18,19)/b4-2+. The van der Waals surface area contributed by atoms with Crippen molar-refractivity contribution >= 4 is 23.6 Å². The zero-order chi connectivity index (χ0) is 13.8. The summed E-state index contributed by atoms with van der Waals surface area (Å²) in [5, 5.41) is 13.1. The van der Waals surface area contributed by atoms with Crippen molar-refractivity contribution in [2.75, 3.05) is 0 Å². The van der Waals surface area contributed by atoms with Crippen LogP contribution in [0.15, 0.2) is 36.7 Å². The maximum absolute atomic E-state index is 13.2. The Kier molecular flexibility index (Phi) is 3.97. The number of rotatable bonds is 4. The van der Waals surface area contributed by atoms with Gasteiger partial charge in [-0.15, -0.1) is 0 Å². The van der Waals surface area contributed by atoms with Crippen LogP contribution in [-0.4, -0.2) is 20.9 Å². The highest BCUT2D eigenvalue weighted by Gasteiger charge is 2.04. The number of benzene rings is 1. The van der Waals surface area contributed by atoms with E-state index in [0.717, 1.165) is 11.6 Å². The molecule has 1 aromatic heterocycles. The summed E-state index contributed by atoms with van der Waals surface area (Å²) in [6.07, 6.45) is 5.45. The molecule has 0 atom stereocenters. The molecule has 2 rings (SSSR count). The number of carboxylic acids is 1. The van der Waals surface area contributed by atoms with Gasteiger partial charge in [0.1, 0.15) is 5.82 Å². The van der Waals surface area contributed by atoms with E-state index in [0.29, 0.717) is 17.1 Å². The Hall–Kier alpha value is -2.14. The lowest BCUT2D eigenvalue weighted by molar-refractivity contribution is -0.131. The Morgan fingerprint density at radius 1 is 1.53 bits per heavy atom. The summed E-state index contributed by atoms with van der Waals surface area (Å²) in [6.45, 7) is 0.381. The molecule has 0 radical (unpaired) electrons. The number of carboxylic acid groups (broad SMARTS) is 1. The molecule has 0 aliphatic carbocycles. The van der Waals surface area contributed by atoms with Crippen LogP contribution in [0.3, 0.4) is 0 Å². The van der Waals surface area contributed by atoms with Crippen LogP contribution < -0.4 is 0 Å². The van der Waals surface area contributed by atoms with Crippen molar-refractivity contribution in [1.29, 1.82) is 0 Å². The van der Waals surface area contributed by atoms with Crippen molar-refractivity contribution in [3.05, 3.63) is 58.6 Å². The lowest BCUT2D eigenvalue weighted by Crippen LogP contribution is -2.02. The summed E-state index contributed by atoms with van der Waals surface area (Å²) in [6, 6.07) is 4.19. The second-order valence-electron chi connectivity index (χ2n) is 3.87. The molecular formula is C13H10ClFN2O2. The van der Waals surface area contributed by atoms with Crippen LogP contribution in [0.4, 0.5) is 4.39 Å². The van der Waals surface area contributed by atoms with Crippen molar-refractivity contribution in [2.45, 2.75) is 6.54 Å². The van der Waals surface area contributed by atoms with Crippen LogP contribution in [-0.2, 0) is 11.3 Å². The third-order valence-electron chi connectivity index (χ3n) is 2.45. The average molecular weight is 281 g/mol. The van der Waals surface area contributed by atoms with Gasteiger partial charge in [-0.2, -0.15) is 5.10 Å². The second kappa shape index (κ2) is 5.67. The summed E-state index contributed by atoms with van der Waals surface area (Å²) in [7, 11) is 0. The molecule has 0 saturated carbocycles. The smallest absolute Gasteiger partial charge is 0.328 e. The van der Waals surface area contributed by atoms with Crippen LogP contribution >= 0.6 is 11.6 Å². The quantitative estimate of drug-likeness (QED) is 0.876. The number of aromatic nitrogens is 2.